The molecule has 0 aromatic heterocycles. The third-order valence-corrected chi connectivity index (χ3v) is 4.01. The van der Waals surface area contributed by atoms with E-state index in [0.29, 0.717) is 18.6 Å². The van der Waals surface area contributed by atoms with Gasteiger partial charge in [0.1, 0.15) is 12.4 Å². The van der Waals surface area contributed by atoms with Gasteiger partial charge in [-0.15, -0.1) is 0 Å². The molecule has 1 atom stereocenters. The molecule has 1 aromatic carbocycles. The largest absolute Gasteiger partial charge is 0.491 e. The summed E-state index contributed by atoms with van der Waals surface area (Å²) in [5.74, 6) is 0.903. The van der Waals surface area contributed by atoms with E-state index in [9.17, 15) is 0 Å². The van der Waals surface area contributed by atoms with Crippen LogP contribution in [-0.2, 0) is 10.3 Å². The van der Waals surface area contributed by atoms with Crippen molar-refractivity contribution in [2.24, 2.45) is 11.1 Å². The van der Waals surface area contributed by atoms with Crippen molar-refractivity contribution in [3.63, 3.8) is 0 Å². The van der Waals surface area contributed by atoms with E-state index in [1.165, 1.54) is 0 Å². The zero-order chi connectivity index (χ0) is 13.9. The van der Waals surface area contributed by atoms with Crippen LogP contribution in [0.5, 0.6) is 5.75 Å². The van der Waals surface area contributed by atoms with Crippen LogP contribution in [0.1, 0.15) is 38.7 Å². The molecule has 0 spiro atoms. The Bertz CT molecular complexity index is 431. The maximum atomic E-state index is 6.65. The molecule has 3 nitrogen and oxygen atoms in total. The van der Waals surface area contributed by atoms with Crippen LogP contribution < -0.4 is 10.5 Å². The third kappa shape index (κ3) is 3.28. The molecule has 0 aliphatic heterocycles. The normalized spacial score (nSPS) is 25.5. The van der Waals surface area contributed by atoms with E-state index in [1.54, 1.807) is 7.11 Å². The summed E-state index contributed by atoms with van der Waals surface area (Å²) in [5.41, 5.74) is 7.84. The second-order valence-electron chi connectivity index (χ2n) is 6.33. The SMILES string of the molecule is COCCOc1ccccc1C1(N)CCC(C)(C)C1. The Hall–Kier alpha value is -1.06. The number of benzene rings is 1. The number of hydrogen-bond acceptors (Lipinski definition) is 3. The van der Waals surface area contributed by atoms with Crippen molar-refractivity contribution in [3.05, 3.63) is 29.8 Å². The smallest absolute Gasteiger partial charge is 0.124 e. The Morgan fingerprint density at radius 3 is 2.53 bits per heavy atom. The van der Waals surface area contributed by atoms with Gasteiger partial charge in [-0.2, -0.15) is 0 Å². The lowest BCUT2D eigenvalue weighted by Crippen LogP contribution is -2.35. The van der Waals surface area contributed by atoms with Crippen LogP contribution in [0.2, 0.25) is 0 Å². The number of hydrogen-bond donors (Lipinski definition) is 1. The number of ether oxygens (including phenoxy) is 2. The molecule has 19 heavy (non-hydrogen) atoms. The van der Waals surface area contributed by atoms with Crippen LogP contribution in [0.3, 0.4) is 0 Å². The van der Waals surface area contributed by atoms with Gasteiger partial charge in [0.05, 0.1) is 6.61 Å². The van der Waals surface area contributed by atoms with Gasteiger partial charge >= 0.3 is 0 Å². The van der Waals surface area contributed by atoms with Crippen LogP contribution in [0, 0.1) is 5.41 Å². The first kappa shape index (κ1) is 14.4. The van der Waals surface area contributed by atoms with Crippen LogP contribution in [0.25, 0.3) is 0 Å². The number of methoxy groups -OCH3 is 1. The van der Waals surface area contributed by atoms with E-state index in [1.807, 2.05) is 18.2 Å². The van der Waals surface area contributed by atoms with Crippen molar-refractivity contribution < 1.29 is 9.47 Å². The molecule has 3 heteroatoms. The van der Waals surface area contributed by atoms with Crippen molar-refractivity contribution in [1.82, 2.24) is 0 Å². The predicted molar refractivity (Wildman–Crippen MR) is 77.3 cm³/mol. The molecular formula is C16H25NO2. The molecule has 0 saturated heterocycles. The molecule has 0 heterocycles. The highest BCUT2D eigenvalue weighted by Gasteiger charge is 2.42. The maximum absolute atomic E-state index is 6.65. The quantitative estimate of drug-likeness (QED) is 0.830. The second-order valence-corrected chi connectivity index (χ2v) is 6.33. The summed E-state index contributed by atoms with van der Waals surface area (Å²) in [6.07, 6.45) is 3.19. The highest BCUT2D eigenvalue weighted by atomic mass is 16.5. The minimum Gasteiger partial charge on any atom is -0.491 e. The molecule has 1 aliphatic carbocycles. The fourth-order valence-corrected chi connectivity index (χ4v) is 3.06. The van der Waals surface area contributed by atoms with E-state index in [2.05, 4.69) is 19.9 Å². The lowest BCUT2D eigenvalue weighted by atomic mass is 9.83. The molecule has 1 aliphatic rings. The van der Waals surface area contributed by atoms with Gasteiger partial charge in [-0.1, -0.05) is 32.0 Å². The van der Waals surface area contributed by atoms with Gasteiger partial charge in [-0.25, -0.2) is 0 Å². The highest BCUT2D eigenvalue weighted by molar-refractivity contribution is 5.40. The predicted octanol–water partition coefficient (Wildman–Crippen LogP) is 3.08. The minimum atomic E-state index is -0.257. The maximum Gasteiger partial charge on any atom is 0.124 e. The lowest BCUT2D eigenvalue weighted by molar-refractivity contribution is 0.144. The molecule has 1 fully saturated rings. The average Bonchev–Trinajstić information content (AvgIpc) is 2.66. The Balaban J connectivity index is 2.20. The fraction of sp³-hybridized carbons (Fsp3) is 0.625. The average molecular weight is 263 g/mol. The molecule has 2 rings (SSSR count). The highest BCUT2D eigenvalue weighted by Crippen LogP contribution is 2.49. The fourth-order valence-electron chi connectivity index (χ4n) is 3.06. The summed E-state index contributed by atoms with van der Waals surface area (Å²) >= 11 is 0. The Kier molecular flexibility index (Phi) is 4.16. The molecule has 2 N–H and O–H groups in total. The molecule has 106 valence electrons. The summed E-state index contributed by atoms with van der Waals surface area (Å²) in [4.78, 5) is 0. The lowest BCUT2D eigenvalue weighted by Gasteiger charge is -2.29. The van der Waals surface area contributed by atoms with E-state index < -0.39 is 0 Å². The number of nitrogens with two attached hydrogens (primary N) is 1. The van der Waals surface area contributed by atoms with Crippen molar-refractivity contribution in [1.29, 1.82) is 0 Å². The summed E-state index contributed by atoms with van der Waals surface area (Å²) in [5, 5.41) is 0. The third-order valence-electron chi connectivity index (χ3n) is 4.01. The molecule has 1 aromatic rings. The Morgan fingerprint density at radius 1 is 1.16 bits per heavy atom. The summed E-state index contributed by atoms with van der Waals surface area (Å²) in [6.45, 7) is 5.73. The Morgan fingerprint density at radius 2 is 1.89 bits per heavy atom. The molecule has 0 bridgehead atoms. The number of rotatable bonds is 5. The molecule has 1 saturated carbocycles. The van der Waals surface area contributed by atoms with Crippen molar-refractivity contribution in [3.8, 4) is 5.75 Å². The van der Waals surface area contributed by atoms with Crippen molar-refractivity contribution >= 4 is 0 Å². The van der Waals surface area contributed by atoms with Gasteiger partial charge in [0.2, 0.25) is 0 Å². The topological polar surface area (TPSA) is 44.5 Å². The minimum absolute atomic E-state index is 0.257. The van der Waals surface area contributed by atoms with E-state index in [-0.39, 0.29) is 5.54 Å². The second kappa shape index (κ2) is 5.51. The van der Waals surface area contributed by atoms with E-state index in [0.717, 1.165) is 30.6 Å². The van der Waals surface area contributed by atoms with Gasteiger partial charge < -0.3 is 15.2 Å². The molecule has 1 unspecified atom stereocenters. The van der Waals surface area contributed by atoms with Crippen molar-refractivity contribution in [2.45, 2.75) is 38.6 Å². The zero-order valence-corrected chi connectivity index (χ0v) is 12.2. The molecule has 0 radical (unpaired) electrons. The van der Waals surface area contributed by atoms with Gasteiger partial charge in [-0.3, -0.25) is 0 Å². The zero-order valence-electron chi connectivity index (χ0n) is 12.2. The Labute approximate surface area is 116 Å². The van der Waals surface area contributed by atoms with Crippen molar-refractivity contribution in [2.75, 3.05) is 20.3 Å². The van der Waals surface area contributed by atoms with Crippen LogP contribution in [0.15, 0.2) is 24.3 Å². The van der Waals surface area contributed by atoms with Gasteiger partial charge in [0.15, 0.2) is 0 Å². The van der Waals surface area contributed by atoms with Crippen LogP contribution in [0.4, 0.5) is 0 Å². The van der Waals surface area contributed by atoms with Gasteiger partial charge in [0, 0.05) is 18.2 Å². The summed E-state index contributed by atoms with van der Waals surface area (Å²) in [7, 11) is 1.68. The first-order chi connectivity index (χ1) is 8.97. The number of para-hydroxylation sites is 1. The first-order valence-electron chi connectivity index (χ1n) is 6.97. The van der Waals surface area contributed by atoms with Gasteiger partial charge in [-0.05, 0) is 30.7 Å². The standard InChI is InChI=1S/C16H25NO2/c1-15(2)8-9-16(17,12-15)13-6-4-5-7-14(13)19-11-10-18-3/h4-7H,8-12,17H2,1-3H3. The summed E-state index contributed by atoms with van der Waals surface area (Å²) in [6, 6.07) is 8.14. The van der Waals surface area contributed by atoms with Gasteiger partial charge in [0.25, 0.3) is 0 Å². The van der Waals surface area contributed by atoms with Crippen LogP contribution >= 0.6 is 0 Å². The van der Waals surface area contributed by atoms with Crippen LogP contribution in [-0.4, -0.2) is 20.3 Å². The van der Waals surface area contributed by atoms with E-state index in [4.69, 9.17) is 15.2 Å². The monoisotopic (exact) mass is 263 g/mol. The molecule has 0 amide bonds. The van der Waals surface area contributed by atoms with E-state index >= 15 is 0 Å². The summed E-state index contributed by atoms with van der Waals surface area (Å²) < 4.78 is 10.8. The molecular weight excluding hydrogens is 238 g/mol. The first-order valence-corrected chi connectivity index (χ1v) is 6.97.